The molecule has 1 fully saturated rings. The van der Waals surface area contributed by atoms with Crippen LogP contribution in [0.5, 0.6) is 0 Å². The highest BCUT2D eigenvalue weighted by molar-refractivity contribution is 6.33. The molecule has 1 aliphatic heterocycles. The van der Waals surface area contributed by atoms with Crippen molar-refractivity contribution < 1.29 is 4.74 Å². The fourth-order valence-electron chi connectivity index (χ4n) is 2.65. The van der Waals surface area contributed by atoms with E-state index in [9.17, 15) is 0 Å². The van der Waals surface area contributed by atoms with Gasteiger partial charge >= 0.3 is 0 Å². The van der Waals surface area contributed by atoms with Gasteiger partial charge in [-0.15, -0.1) is 0 Å². The molecule has 19 heavy (non-hydrogen) atoms. The van der Waals surface area contributed by atoms with E-state index in [0.29, 0.717) is 29.2 Å². The minimum absolute atomic E-state index is 0.0490. The van der Waals surface area contributed by atoms with Crippen molar-refractivity contribution in [2.75, 3.05) is 19.7 Å². The van der Waals surface area contributed by atoms with Crippen LogP contribution in [0, 0.1) is 0 Å². The quantitative estimate of drug-likeness (QED) is 0.932. The largest absolute Gasteiger partial charge is 0.374 e. The second-order valence-electron chi connectivity index (χ2n) is 5.09. The van der Waals surface area contributed by atoms with E-state index in [-0.39, 0.29) is 12.1 Å². The molecule has 0 amide bonds. The fourth-order valence-corrected chi connectivity index (χ4v) is 3.06. The van der Waals surface area contributed by atoms with Crippen molar-refractivity contribution in [1.29, 1.82) is 0 Å². The summed E-state index contributed by atoms with van der Waals surface area (Å²) in [6.45, 7) is 6.39. The van der Waals surface area contributed by atoms with Gasteiger partial charge in [-0.25, -0.2) is 0 Å². The Morgan fingerprint density at radius 2 is 2.16 bits per heavy atom. The van der Waals surface area contributed by atoms with Crippen LogP contribution in [0.3, 0.4) is 0 Å². The van der Waals surface area contributed by atoms with E-state index in [1.165, 1.54) is 0 Å². The van der Waals surface area contributed by atoms with Crippen LogP contribution < -0.4 is 5.73 Å². The molecule has 106 valence electrons. The Hall–Kier alpha value is -0.320. The van der Waals surface area contributed by atoms with Crippen LogP contribution in [0.15, 0.2) is 18.2 Å². The van der Waals surface area contributed by atoms with Gasteiger partial charge in [-0.1, -0.05) is 23.2 Å². The van der Waals surface area contributed by atoms with Crippen molar-refractivity contribution in [2.24, 2.45) is 5.73 Å². The summed E-state index contributed by atoms with van der Waals surface area (Å²) in [5, 5.41) is 1.40. The normalized spacial score (nSPS) is 24.9. The molecule has 1 aromatic carbocycles. The summed E-state index contributed by atoms with van der Waals surface area (Å²) in [5.41, 5.74) is 6.85. The number of rotatable bonds is 3. The Kier molecular flexibility index (Phi) is 5.09. The van der Waals surface area contributed by atoms with E-state index in [1.54, 1.807) is 6.07 Å². The molecule has 2 atom stereocenters. The van der Waals surface area contributed by atoms with Crippen LogP contribution in [0.25, 0.3) is 0 Å². The zero-order valence-electron chi connectivity index (χ0n) is 11.3. The summed E-state index contributed by atoms with van der Waals surface area (Å²) >= 11 is 12.4. The molecule has 5 heteroatoms. The van der Waals surface area contributed by atoms with Gasteiger partial charge in [-0.3, -0.25) is 4.90 Å². The van der Waals surface area contributed by atoms with Gasteiger partial charge in [-0.2, -0.15) is 0 Å². The van der Waals surface area contributed by atoms with Gasteiger partial charge in [0.15, 0.2) is 0 Å². The van der Waals surface area contributed by atoms with Crippen molar-refractivity contribution in [3.63, 3.8) is 0 Å². The maximum atomic E-state index is 6.34. The number of hydrogen-bond donors (Lipinski definition) is 1. The van der Waals surface area contributed by atoms with Gasteiger partial charge in [0.25, 0.3) is 0 Å². The van der Waals surface area contributed by atoms with E-state index in [1.807, 2.05) is 12.1 Å². The number of halogens is 2. The monoisotopic (exact) mass is 302 g/mol. The summed E-state index contributed by atoms with van der Waals surface area (Å²) in [6.07, 6.45) is -0.0490. The molecule has 1 heterocycles. The summed E-state index contributed by atoms with van der Waals surface area (Å²) in [6, 6.07) is 6.01. The first-order valence-electron chi connectivity index (χ1n) is 6.57. The van der Waals surface area contributed by atoms with E-state index < -0.39 is 0 Å². The molecule has 2 N–H and O–H groups in total. The Bertz CT molecular complexity index is 439. The van der Waals surface area contributed by atoms with Crippen molar-refractivity contribution in [3.8, 4) is 0 Å². The summed E-state index contributed by atoms with van der Waals surface area (Å²) < 4.78 is 5.80. The fraction of sp³-hybridized carbons (Fsp3) is 0.571. The number of morpholine rings is 1. The van der Waals surface area contributed by atoms with Gasteiger partial charge in [0.05, 0.1) is 18.8 Å². The highest BCUT2D eigenvalue weighted by atomic mass is 35.5. The summed E-state index contributed by atoms with van der Waals surface area (Å²) in [5.74, 6) is 0. The maximum Gasteiger partial charge on any atom is 0.0894 e. The number of benzene rings is 1. The number of hydrogen-bond acceptors (Lipinski definition) is 3. The third kappa shape index (κ3) is 3.23. The second kappa shape index (κ2) is 6.42. The van der Waals surface area contributed by atoms with E-state index in [2.05, 4.69) is 18.7 Å². The predicted molar refractivity (Wildman–Crippen MR) is 79.8 cm³/mol. The van der Waals surface area contributed by atoms with Crippen LogP contribution in [0.4, 0.5) is 0 Å². The molecule has 0 bridgehead atoms. The van der Waals surface area contributed by atoms with Crippen molar-refractivity contribution in [1.82, 2.24) is 4.90 Å². The number of nitrogens with zero attached hydrogens (tertiary/aromatic N) is 1. The van der Waals surface area contributed by atoms with E-state index in [0.717, 1.165) is 12.1 Å². The highest BCUT2D eigenvalue weighted by Crippen LogP contribution is 2.36. The Morgan fingerprint density at radius 3 is 2.79 bits per heavy atom. The van der Waals surface area contributed by atoms with E-state index >= 15 is 0 Å². The second-order valence-corrected chi connectivity index (χ2v) is 5.93. The van der Waals surface area contributed by atoms with E-state index in [4.69, 9.17) is 33.7 Å². The Labute approximate surface area is 124 Å². The minimum atomic E-state index is -0.0490. The first-order chi connectivity index (χ1) is 9.04. The minimum Gasteiger partial charge on any atom is -0.374 e. The first-order valence-corrected chi connectivity index (χ1v) is 7.32. The third-order valence-corrected chi connectivity index (χ3v) is 4.14. The van der Waals surface area contributed by atoms with Crippen molar-refractivity contribution in [2.45, 2.75) is 32.0 Å². The first kappa shape index (κ1) is 15.1. The average Bonchev–Trinajstić information content (AvgIpc) is 2.40. The smallest absolute Gasteiger partial charge is 0.0894 e. The molecule has 2 unspecified atom stereocenters. The lowest BCUT2D eigenvalue weighted by Crippen LogP contribution is -2.50. The summed E-state index contributed by atoms with van der Waals surface area (Å²) in [7, 11) is 0. The van der Waals surface area contributed by atoms with Crippen LogP contribution in [-0.2, 0) is 4.74 Å². The predicted octanol–water partition coefficient (Wildman–Crippen LogP) is 3.10. The van der Waals surface area contributed by atoms with Gasteiger partial charge in [0.2, 0.25) is 0 Å². The van der Waals surface area contributed by atoms with Gasteiger partial charge < -0.3 is 10.5 Å². The SMILES string of the molecule is CC(C)N1CCOC(CN)C1c1cc(Cl)ccc1Cl. The molecular weight excluding hydrogens is 283 g/mol. The van der Waals surface area contributed by atoms with Crippen LogP contribution in [-0.4, -0.2) is 36.7 Å². The topological polar surface area (TPSA) is 38.5 Å². The van der Waals surface area contributed by atoms with Gasteiger partial charge in [0.1, 0.15) is 0 Å². The van der Waals surface area contributed by atoms with Gasteiger partial charge in [-0.05, 0) is 37.6 Å². The zero-order valence-corrected chi connectivity index (χ0v) is 12.8. The maximum absolute atomic E-state index is 6.34. The Morgan fingerprint density at radius 1 is 1.42 bits per heavy atom. The molecule has 1 saturated heterocycles. The van der Waals surface area contributed by atoms with Gasteiger partial charge in [0, 0.05) is 29.2 Å². The number of ether oxygens (including phenoxy) is 1. The molecule has 1 aromatic rings. The lowest BCUT2D eigenvalue weighted by atomic mass is 9.96. The molecule has 0 aromatic heterocycles. The molecule has 0 saturated carbocycles. The molecule has 0 radical (unpaired) electrons. The molecule has 2 rings (SSSR count). The summed E-state index contributed by atoms with van der Waals surface area (Å²) in [4.78, 5) is 2.37. The van der Waals surface area contributed by atoms with Crippen LogP contribution >= 0.6 is 23.2 Å². The molecule has 0 aliphatic carbocycles. The van der Waals surface area contributed by atoms with Crippen molar-refractivity contribution in [3.05, 3.63) is 33.8 Å². The number of nitrogens with two attached hydrogens (primary N) is 1. The third-order valence-electron chi connectivity index (χ3n) is 3.56. The Balaban J connectivity index is 2.42. The lowest BCUT2D eigenvalue weighted by Gasteiger charge is -2.43. The molecule has 3 nitrogen and oxygen atoms in total. The van der Waals surface area contributed by atoms with Crippen LogP contribution in [0.2, 0.25) is 10.0 Å². The standard InChI is InChI=1S/C14H20Cl2N2O/c1-9(2)18-5-6-19-13(8-17)14(18)11-7-10(15)3-4-12(11)16/h3-4,7,9,13-14H,5-6,8,17H2,1-2H3. The van der Waals surface area contributed by atoms with Crippen LogP contribution in [0.1, 0.15) is 25.5 Å². The lowest BCUT2D eigenvalue weighted by molar-refractivity contribution is -0.0789. The zero-order chi connectivity index (χ0) is 14.0. The molecule has 1 aliphatic rings. The molecule has 0 spiro atoms. The molecular formula is C14H20Cl2N2O. The van der Waals surface area contributed by atoms with Crippen molar-refractivity contribution >= 4 is 23.2 Å². The average molecular weight is 303 g/mol. The highest BCUT2D eigenvalue weighted by Gasteiger charge is 2.35.